The lowest BCUT2D eigenvalue weighted by Crippen LogP contribution is -2.36. The van der Waals surface area contributed by atoms with Crippen molar-refractivity contribution in [3.63, 3.8) is 0 Å². The summed E-state index contributed by atoms with van der Waals surface area (Å²) >= 11 is 0. The summed E-state index contributed by atoms with van der Waals surface area (Å²) in [6.45, 7) is 3.61. The Balaban J connectivity index is 2.06. The zero-order valence-corrected chi connectivity index (χ0v) is 12.4. The Morgan fingerprint density at radius 3 is 2.68 bits per heavy atom. The third kappa shape index (κ3) is 2.15. The van der Waals surface area contributed by atoms with E-state index in [-0.39, 0.29) is 17.6 Å². The van der Waals surface area contributed by atoms with E-state index in [1.165, 1.54) is 6.07 Å². The molecule has 0 bridgehead atoms. The van der Waals surface area contributed by atoms with Crippen molar-refractivity contribution in [1.82, 2.24) is 0 Å². The first-order valence-corrected chi connectivity index (χ1v) is 7.16. The number of carbonyl (C=O) groups is 1. The van der Waals surface area contributed by atoms with Gasteiger partial charge in [0.25, 0.3) is 11.6 Å². The van der Waals surface area contributed by atoms with Gasteiger partial charge in [0.05, 0.1) is 4.92 Å². The number of nitro benzene ring substituents is 1. The lowest BCUT2D eigenvalue weighted by Gasteiger charge is -2.23. The van der Waals surface area contributed by atoms with E-state index in [0.717, 1.165) is 17.7 Å². The van der Waals surface area contributed by atoms with Gasteiger partial charge in [-0.3, -0.25) is 14.9 Å². The van der Waals surface area contributed by atoms with Gasteiger partial charge in [0.1, 0.15) is 0 Å². The average molecular weight is 296 g/mol. The van der Waals surface area contributed by atoms with Crippen molar-refractivity contribution in [3.05, 3.63) is 69.3 Å². The topological polar surface area (TPSA) is 63.5 Å². The van der Waals surface area contributed by atoms with Gasteiger partial charge in [0.15, 0.2) is 0 Å². The van der Waals surface area contributed by atoms with Gasteiger partial charge >= 0.3 is 0 Å². The Hall–Kier alpha value is -2.69. The fourth-order valence-electron chi connectivity index (χ4n) is 3.06. The lowest BCUT2D eigenvalue weighted by atomic mass is 10.1. The van der Waals surface area contributed by atoms with Gasteiger partial charge in [-0.25, -0.2) is 0 Å². The van der Waals surface area contributed by atoms with E-state index in [1.54, 1.807) is 24.0 Å². The maximum atomic E-state index is 12.9. The van der Waals surface area contributed by atoms with Crippen LogP contribution in [0.15, 0.2) is 42.5 Å². The molecule has 2 aromatic carbocycles. The molecule has 22 heavy (non-hydrogen) atoms. The number of carbonyl (C=O) groups excluding carboxylic acids is 1. The quantitative estimate of drug-likeness (QED) is 0.629. The van der Waals surface area contributed by atoms with Gasteiger partial charge in [-0.15, -0.1) is 0 Å². The predicted molar refractivity (Wildman–Crippen MR) is 84.3 cm³/mol. The van der Waals surface area contributed by atoms with Crippen molar-refractivity contribution in [2.75, 3.05) is 4.90 Å². The third-order valence-electron chi connectivity index (χ3n) is 4.16. The molecule has 0 aliphatic carbocycles. The molecule has 0 fully saturated rings. The number of hydrogen-bond donors (Lipinski definition) is 0. The van der Waals surface area contributed by atoms with Gasteiger partial charge in [-0.05, 0) is 38.0 Å². The highest BCUT2D eigenvalue weighted by Gasteiger charge is 2.32. The monoisotopic (exact) mass is 296 g/mol. The molecule has 3 rings (SSSR count). The molecule has 5 heteroatoms. The van der Waals surface area contributed by atoms with E-state index in [9.17, 15) is 14.9 Å². The van der Waals surface area contributed by atoms with Crippen LogP contribution in [0.5, 0.6) is 0 Å². The van der Waals surface area contributed by atoms with E-state index in [1.807, 2.05) is 31.2 Å². The van der Waals surface area contributed by atoms with Crippen LogP contribution >= 0.6 is 0 Å². The summed E-state index contributed by atoms with van der Waals surface area (Å²) in [4.78, 5) is 25.3. The van der Waals surface area contributed by atoms with Crippen molar-refractivity contribution < 1.29 is 9.72 Å². The summed E-state index contributed by atoms with van der Waals surface area (Å²) in [5.74, 6) is -0.182. The van der Waals surface area contributed by atoms with Crippen molar-refractivity contribution >= 4 is 17.3 Å². The molecular formula is C17H16N2O3. The first kappa shape index (κ1) is 14.3. The fourth-order valence-corrected chi connectivity index (χ4v) is 3.06. The summed E-state index contributed by atoms with van der Waals surface area (Å²) in [5, 5.41) is 11.1. The second kappa shape index (κ2) is 5.26. The first-order chi connectivity index (χ1) is 10.5. The van der Waals surface area contributed by atoms with Crippen LogP contribution in [0.3, 0.4) is 0 Å². The molecule has 2 aromatic rings. The Bertz CT molecular complexity index is 770. The number of nitro groups is 1. The van der Waals surface area contributed by atoms with E-state index in [2.05, 4.69) is 0 Å². The second-order valence-electron chi connectivity index (χ2n) is 5.56. The lowest BCUT2D eigenvalue weighted by molar-refractivity contribution is -0.385. The van der Waals surface area contributed by atoms with Gasteiger partial charge in [0, 0.05) is 28.9 Å². The second-order valence-corrected chi connectivity index (χ2v) is 5.56. The number of amides is 1. The molecule has 1 amide bonds. The van der Waals surface area contributed by atoms with Crippen LogP contribution in [0.1, 0.15) is 28.4 Å². The summed E-state index contributed by atoms with van der Waals surface area (Å²) in [6.07, 6.45) is 0.801. The third-order valence-corrected chi connectivity index (χ3v) is 4.16. The number of anilines is 1. The highest BCUT2D eigenvalue weighted by Crippen LogP contribution is 2.34. The average Bonchev–Trinajstić information content (AvgIpc) is 2.82. The summed E-state index contributed by atoms with van der Waals surface area (Å²) in [6, 6.07) is 12.5. The van der Waals surface area contributed by atoms with Crippen molar-refractivity contribution in [1.29, 1.82) is 0 Å². The normalized spacial score (nSPS) is 16.5. The molecule has 1 atom stereocenters. The zero-order valence-electron chi connectivity index (χ0n) is 12.4. The molecule has 0 radical (unpaired) electrons. The number of para-hydroxylation sites is 1. The number of hydrogen-bond acceptors (Lipinski definition) is 3. The van der Waals surface area contributed by atoms with Crippen LogP contribution in [0, 0.1) is 17.0 Å². The SMILES string of the molecule is Cc1c(C(=O)N2c3ccccc3CC2C)cccc1[N+](=O)[O-]. The molecule has 0 N–H and O–H groups in total. The van der Waals surface area contributed by atoms with Crippen LogP contribution in [0.25, 0.3) is 0 Å². The highest BCUT2D eigenvalue weighted by molar-refractivity contribution is 6.09. The molecule has 1 heterocycles. The molecular weight excluding hydrogens is 280 g/mol. The zero-order chi connectivity index (χ0) is 15.9. The van der Waals surface area contributed by atoms with Gasteiger partial charge in [0.2, 0.25) is 0 Å². The Morgan fingerprint density at radius 2 is 1.95 bits per heavy atom. The Kier molecular flexibility index (Phi) is 3.41. The minimum absolute atomic E-state index is 0.0222. The van der Waals surface area contributed by atoms with E-state index < -0.39 is 4.92 Å². The minimum atomic E-state index is -0.451. The number of benzene rings is 2. The largest absolute Gasteiger partial charge is 0.305 e. The van der Waals surface area contributed by atoms with Crippen LogP contribution in [-0.2, 0) is 6.42 Å². The van der Waals surface area contributed by atoms with Crippen molar-refractivity contribution in [2.45, 2.75) is 26.3 Å². The first-order valence-electron chi connectivity index (χ1n) is 7.16. The molecule has 0 spiro atoms. The maximum Gasteiger partial charge on any atom is 0.273 e. The summed E-state index contributed by atoms with van der Waals surface area (Å²) < 4.78 is 0. The molecule has 1 aliphatic heterocycles. The van der Waals surface area contributed by atoms with Crippen LogP contribution < -0.4 is 4.90 Å². The molecule has 0 aromatic heterocycles. The Labute approximate surface area is 128 Å². The van der Waals surface area contributed by atoms with Crippen molar-refractivity contribution in [2.24, 2.45) is 0 Å². The summed E-state index contributed by atoms with van der Waals surface area (Å²) in [7, 11) is 0. The van der Waals surface area contributed by atoms with E-state index >= 15 is 0 Å². The minimum Gasteiger partial charge on any atom is -0.305 e. The molecule has 112 valence electrons. The van der Waals surface area contributed by atoms with Crippen LogP contribution in [-0.4, -0.2) is 16.9 Å². The maximum absolute atomic E-state index is 12.9. The predicted octanol–water partition coefficient (Wildman–Crippen LogP) is 3.49. The van der Waals surface area contributed by atoms with Gasteiger partial charge in [-0.2, -0.15) is 0 Å². The number of rotatable bonds is 2. The van der Waals surface area contributed by atoms with Crippen molar-refractivity contribution in [3.8, 4) is 0 Å². The number of nitrogens with zero attached hydrogens (tertiary/aromatic N) is 2. The fraction of sp³-hybridized carbons (Fsp3) is 0.235. The van der Waals surface area contributed by atoms with Gasteiger partial charge in [-0.1, -0.05) is 24.3 Å². The van der Waals surface area contributed by atoms with Crippen LogP contribution in [0.4, 0.5) is 11.4 Å². The van der Waals surface area contributed by atoms with Crippen LogP contribution in [0.2, 0.25) is 0 Å². The molecule has 1 aliphatic rings. The molecule has 1 unspecified atom stereocenters. The molecule has 0 saturated heterocycles. The Morgan fingerprint density at radius 1 is 1.23 bits per heavy atom. The number of fused-ring (bicyclic) bond motifs is 1. The van der Waals surface area contributed by atoms with Gasteiger partial charge < -0.3 is 4.90 Å². The smallest absolute Gasteiger partial charge is 0.273 e. The molecule has 5 nitrogen and oxygen atoms in total. The highest BCUT2D eigenvalue weighted by atomic mass is 16.6. The standard InChI is InChI=1S/C17H16N2O3/c1-11-10-13-6-3-4-8-16(13)18(11)17(20)14-7-5-9-15(12(14)2)19(21)22/h3-9,11H,10H2,1-2H3. The van der Waals surface area contributed by atoms with E-state index in [4.69, 9.17) is 0 Å². The van der Waals surface area contributed by atoms with E-state index in [0.29, 0.717) is 11.1 Å². The molecule has 0 saturated carbocycles. The summed E-state index contributed by atoms with van der Waals surface area (Å²) in [5.41, 5.74) is 2.80.